The Balaban J connectivity index is 2.00. The third kappa shape index (κ3) is 2.08. The first-order valence-corrected chi connectivity index (χ1v) is 6.51. The second kappa shape index (κ2) is 4.86. The standard InChI is InChI=1S/C13H9FN4OS/c14-8-2-1-3-9-10(8)11(15)12(20-9)13(19)18-7-4-16-6-17-5-7/h1-6H,15H2,(H,18,19). The van der Waals surface area contributed by atoms with Crippen LogP contribution in [-0.4, -0.2) is 15.9 Å². The summed E-state index contributed by atoms with van der Waals surface area (Å²) in [6.45, 7) is 0. The molecule has 0 atom stereocenters. The molecule has 0 aliphatic heterocycles. The van der Waals surface area contributed by atoms with Crippen LogP contribution in [0.2, 0.25) is 0 Å². The van der Waals surface area contributed by atoms with Gasteiger partial charge in [-0.2, -0.15) is 0 Å². The van der Waals surface area contributed by atoms with Gasteiger partial charge in [0.1, 0.15) is 17.0 Å². The van der Waals surface area contributed by atoms with Crippen LogP contribution < -0.4 is 11.1 Å². The van der Waals surface area contributed by atoms with E-state index in [4.69, 9.17) is 5.73 Å². The number of fused-ring (bicyclic) bond motifs is 1. The molecule has 3 rings (SSSR count). The Kier molecular flexibility index (Phi) is 3.03. The van der Waals surface area contributed by atoms with Crippen molar-refractivity contribution in [2.24, 2.45) is 0 Å². The average molecular weight is 288 g/mol. The number of anilines is 2. The zero-order chi connectivity index (χ0) is 14.1. The lowest BCUT2D eigenvalue weighted by Gasteiger charge is -2.02. The third-order valence-electron chi connectivity index (χ3n) is 2.73. The van der Waals surface area contributed by atoms with Gasteiger partial charge in [-0.3, -0.25) is 4.79 Å². The van der Waals surface area contributed by atoms with Crippen LogP contribution in [0, 0.1) is 5.82 Å². The maximum Gasteiger partial charge on any atom is 0.267 e. The Hall–Kier alpha value is -2.54. The van der Waals surface area contributed by atoms with Gasteiger partial charge in [-0.15, -0.1) is 11.3 Å². The monoisotopic (exact) mass is 288 g/mol. The second-order valence-electron chi connectivity index (χ2n) is 4.04. The molecule has 0 saturated carbocycles. The van der Waals surface area contributed by atoms with E-state index in [0.717, 1.165) is 11.3 Å². The number of nitrogen functional groups attached to an aromatic ring is 1. The van der Waals surface area contributed by atoms with E-state index in [9.17, 15) is 9.18 Å². The predicted octanol–water partition coefficient (Wildman–Crippen LogP) is 2.66. The Labute approximate surface area is 117 Å². The van der Waals surface area contributed by atoms with Crippen molar-refractivity contribution in [2.45, 2.75) is 0 Å². The normalized spacial score (nSPS) is 10.7. The van der Waals surface area contributed by atoms with E-state index in [-0.39, 0.29) is 16.0 Å². The molecule has 100 valence electrons. The maximum atomic E-state index is 13.7. The highest BCUT2D eigenvalue weighted by atomic mass is 32.1. The van der Waals surface area contributed by atoms with E-state index in [1.54, 1.807) is 12.1 Å². The summed E-state index contributed by atoms with van der Waals surface area (Å²) in [7, 11) is 0. The van der Waals surface area contributed by atoms with Gasteiger partial charge in [-0.1, -0.05) is 6.07 Å². The van der Waals surface area contributed by atoms with Crippen LogP contribution in [0.1, 0.15) is 9.67 Å². The molecule has 1 aromatic carbocycles. The number of hydrogen-bond donors (Lipinski definition) is 2. The molecule has 0 unspecified atom stereocenters. The minimum Gasteiger partial charge on any atom is -0.397 e. The molecule has 3 N–H and O–H groups in total. The lowest BCUT2D eigenvalue weighted by atomic mass is 10.2. The van der Waals surface area contributed by atoms with Gasteiger partial charge in [-0.25, -0.2) is 14.4 Å². The van der Waals surface area contributed by atoms with Crippen LogP contribution in [0.3, 0.4) is 0 Å². The molecule has 1 amide bonds. The molecule has 0 bridgehead atoms. The topological polar surface area (TPSA) is 80.9 Å². The van der Waals surface area contributed by atoms with Gasteiger partial charge < -0.3 is 11.1 Å². The van der Waals surface area contributed by atoms with E-state index < -0.39 is 11.7 Å². The van der Waals surface area contributed by atoms with Crippen molar-refractivity contribution in [3.63, 3.8) is 0 Å². The summed E-state index contributed by atoms with van der Waals surface area (Å²) in [6, 6.07) is 4.63. The molecule has 0 spiro atoms. The smallest absolute Gasteiger partial charge is 0.267 e. The number of benzene rings is 1. The summed E-state index contributed by atoms with van der Waals surface area (Å²) < 4.78 is 14.4. The second-order valence-corrected chi connectivity index (χ2v) is 5.09. The van der Waals surface area contributed by atoms with E-state index in [1.165, 1.54) is 24.8 Å². The average Bonchev–Trinajstić information content (AvgIpc) is 2.79. The van der Waals surface area contributed by atoms with Crippen LogP contribution in [0.25, 0.3) is 10.1 Å². The number of nitrogens with one attached hydrogen (secondary N) is 1. The van der Waals surface area contributed by atoms with E-state index in [2.05, 4.69) is 15.3 Å². The highest BCUT2D eigenvalue weighted by Crippen LogP contribution is 2.35. The third-order valence-corrected chi connectivity index (χ3v) is 3.90. The largest absolute Gasteiger partial charge is 0.397 e. The maximum absolute atomic E-state index is 13.7. The summed E-state index contributed by atoms with van der Waals surface area (Å²) in [5, 5.41) is 2.91. The van der Waals surface area contributed by atoms with Crippen molar-refractivity contribution in [2.75, 3.05) is 11.1 Å². The van der Waals surface area contributed by atoms with Crippen LogP contribution in [0.5, 0.6) is 0 Å². The zero-order valence-electron chi connectivity index (χ0n) is 10.1. The zero-order valence-corrected chi connectivity index (χ0v) is 10.9. The molecule has 0 aliphatic carbocycles. The molecule has 0 radical (unpaired) electrons. The Morgan fingerprint density at radius 1 is 1.30 bits per heavy atom. The SMILES string of the molecule is Nc1c(C(=O)Nc2cncnc2)sc2cccc(F)c12. The molecule has 7 heteroatoms. The number of carbonyl (C=O) groups is 1. The number of amides is 1. The van der Waals surface area contributed by atoms with Gasteiger partial charge >= 0.3 is 0 Å². The Morgan fingerprint density at radius 3 is 2.75 bits per heavy atom. The summed E-state index contributed by atoms with van der Waals surface area (Å²) >= 11 is 1.15. The molecular weight excluding hydrogens is 279 g/mol. The number of carbonyl (C=O) groups excluding carboxylic acids is 1. The van der Waals surface area contributed by atoms with Gasteiger partial charge in [0.15, 0.2) is 0 Å². The van der Waals surface area contributed by atoms with Crippen molar-refractivity contribution in [3.05, 3.63) is 47.6 Å². The fraction of sp³-hybridized carbons (Fsp3) is 0. The number of nitrogens with zero attached hydrogens (tertiary/aromatic N) is 2. The lowest BCUT2D eigenvalue weighted by molar-refractivity contribution is 0.103. The first-order chi connectivity index (χ1) is 9.66. The van der Waals surface area contributed by atoms with E-state index in [1.807, 2.05) is 0 Å². The van der Waals surface area contributed by atoms with Crippen molar-refractivity contribution in [1.82, 2.24) is 9.97 Å². The van der Waals surface area contributed by atoms with Gasteiger partial charge in [-0.05, 0) is 12.1 Å². The molecular formula is C13H9FN4OS. The summed E-state index contributed by atoms with van der Waals surface area (Å²) in [5.74, 6) is -0.837. The molecule has 5 nitrogen and oxygen atoms in total. The van der Waals surface area contributed by atoms with E-state index >= 15 is 0 Å². The number of nitrogens with two attached hydrogens (primary N) is 1. The molecule has 3 aromatic rings. The van der Waals surface area contributed by atoms with Gasteiger partial charge in [0, 0.05) is 4.70 Å². The first-order valence-electron chi connectivity index (χ1n) is 5.69. The Bertz CT molecular complexity index is 788. The lowest BCUT2D eigenvalue weighted by Crippen LogP contribution is -2.12. The van der Waals surface area contributed by atoms with Crippen molar-refractivity contribution < 1.29 is 9.18 Å². The molecule has 0 fully saturated rings. The van der Waals surface area contributed by atoms with Gasteiger partial charge in [0.25, 0.3) is 5.91 Å². The summed E-state index contributed by atoms with van der Waals surface area (Å²) in [4.78, 5) is 20.0. The molecule has 2 heterocycles. The molecule has 0 saturated heterocycles. The number of aromatic nitrogens is 2. The molecule has 20 heavy (non-hydrogen) atoms. The number of rotatable bonds is 2. The summed E-state index contributed by atoms with van der Waals surface area (Å²) in [5.41, 5.74) is 6.48. The van der Waals surface area contributed by atoms with Crippen molar-refractivity contribution in [3.8, 4) is 0 Å². The summed E-state index contributed by atoms with van der Waals surface area (Å²) in [6.07, 6.45) is 4.29. The number of hydrogen-bond acceptors (Lipinski definition) is 5. The van der Waals surface area contributed by atoms with E-state index in [0.29, 0.717) is 10.4 Å². The first kappa shape index (κ1) is 12.5. The highest BCUT2D eigenvalue weighted by Gasteiger charge is 2.18. The van der Waals surface area contributed by atoms with Gasteiger partial charge in [0.05, 0.1) is 29.2 Å². The fourth-order valence-electron chi connectivity index (χ4n) is 1.85. The van der Waals surface area contributed by atoms with Gasteiger partial charge in [0.2, 0.25) is 0 Å². The van der Waals surface area contributed by atoms with Crippen LogP contribution in [0.4, 0.5) is 15.8 Å². The number of halogens is 1. The van der Waals surface area contributed by atoms with Crippen LogP contribution in [-0.2, 0) is 0 Å². The highest BCUT2D eigenvalue weighted by molar-refractivity contribution is 7.21. The molecule has 2 aromatic heterocycles. The predicted molar refractivity (Wildman–Crippen MR) is 76.2 cm³/mol. The van der Waals surface area contributed by atoms with Crippen molar-refractivity contribution in [1.29, 1.82) is 0 Å². The minimum atomic E-state index is -0.432. The van der Waals surface area contributed by atoms with Crippen molar-refractivity contribution >= 4 is 38.7 Å². The molecule has 0 aliphatic rings. The number of thiophene rings is 1. The Morgan fingerprint density at radius 2 is 2.05 bits per heavy atom. The fourth-order valence-corrected chi connectivity index (χ4v) is 2.88. The van der Waals surface area contributed by atoms with Crippen LogP contribution >= 0.6 is 11.3 Å². The quantitative estimate of drug-likeness (QED) is 0.759. The minimum absolute atomic E-state index is 0.150. The van der Waals surface area contributed by atoms with Crippen LogP contribution in [0.15, 0.2) is 36.9 Å².